The summed E-state index contributed by atoms with van der Waals surface area (Å²) in [6.07, 6.45) is 1.18. The van der Waals surface area contributed by atoms with Crippen molar-refractivity contribution in [2.45, 2.75) is 18.9 Å². The van der Waals surface area contributed by atoms with E-state index in [1.807, 2.05) is 0 Å². The fourth-order valence-electron chi connectivity index (χ4n) is 3.02. The molecule has 0 aliphatic carbocycles. The van der Waals surface area contributed by atoms with Crippen molar-refractivity contribution in [2.24, 2.45) is 0 Å². The smallest absolute Gasteiger partial charge is 0.256 e. The molecular weight excluding hydrogens is 394 g/mol. The number of anilines is 1. The number of carbonyl (C=O) groups is 2. The van der Waals surface area contributed by atoms with Gasteiger partial charge in [0.1, 0.15) is 17.6 Å². The van der Waals surface area contributed by atoms with Gasteiger partial charge in [-0.3, -0.25) is 9.59 Å². The number of benzene rings is 2. The average molecular weight is 411 g/mol. The number of hydrogen-bond donors (Lipinski definition) is 1. The molecule has 1 saturated heterocycles. The summed E-state index contributed by atoms with van der Waals surface area (Å²) >= 11 is 11.7. The second-order valence-electron chi connectivity index (χ2n) is 6.12. The molecule has 0 aromatic heterocycles. The van der Waals surface area contributed by atoms with Gasteiger partial charge < -0.3 is 15.0 Å². The molecular formula is C19H17Cl2FN2O3. The third-order valence-electron chi connectivity index (χ3n) is 4.41. The van der Waals surface area contributed by atoms with Crippen molar-refractivity contribution in [3.05, 3.63) is 57.8 Å². The highest BCUT2D eigenvalue weighted by Crippen LogP contribution is 2.28. The maximum Gasteiger partial charge on any atom is 0.256 e. The largest absolute Gasteiger partial charge is 0.497 e. The molecule has 27 heavy (non-hydrogen) atoms. The third-order valence-corrected chi connectivity index (χ3v) is 5.02. The van der Waals surface area contributed by atoms with Gasteiger partial charge in [-0.15, -0.1) is 0 Å². The van der Waals surface area contributed by atoms with E-state index in [1.165, 1.54) is 11.0 Å². The molecule has 1 aliphatic heterocycles. The van der Waals surface area contributed by atoms with Gasteiger partial charge in [-0.1, -0.05) is 23.2 Å². The molecule has 1 atom stereocenters. The lowest BCUT2D eigenvalue weighted by molar-refractivity contribution is -0.119. The maximum absolute atomic E-state index is 13.8. The van der Waals surface area contributed by atoms with E-state index in [9.17, 15) is 14.0 Å². The van der Waals surface area contributed by atoms with Gasteiger partial charge in [-0.2, -0.15) is 0 Å². The lowest BCUT2D eigenvalue weighted by Gasteiger charge is -2.24. The summed E-state index contributed by atoms with van der Waals surface area (Å²) in [6, 6.07) is 8.41. The summed E-state index contributed by atoms with van der Waals surface area (Å²) in [5.74, 6) is -0.868. The van der Waals surface area contributed by atoms with Crippen LogP contribution in [-0.2, 0) is 4.79 Å². The van der Waals surface area contributed by atoms with Gasteiger partial charge in [-0.05, 0) is 49.2 Å². The lowest BCUT2D eigenvalue weighted by Crippen LogP contribution is -2.43. The molecule has 1 heterocycles. The highest BCUT2D eigenvalue weighted by atomic mass is 35.5. The number of amides is 2. The van der Waals surface area contributed by atoms with Crippen molar-refractivity contribution in [3.8, 4) is 5.75 Å². The van der Waals surface area contributed by atoms with Crippen LogP contribution in [0.2, 0.25) is 10.0 Å². The minimum Gasteiger partial charge on any atom is -0.497 e. The molecule has 0 bridgehead atoms. The zero-order chi connectivity index (χ0) is 19.6. The van der Waals surface area contributed by atoms with Crippen LogP contribution in [-0.4, -0.2) is 36.4 Å². The van der Waals surface area contributed by atoms with Crippen LogP contribution < -0.4 is 10.1 Å². The van der Waals surface area contributed by atoms with E-state index in [1.54, 1.807) is 31.4 Å². The Bertz CT molecular complexity index is 874. The molecule has 142 valence electrons. The Labute approximate surface area is 166 Å². The minimum absolute atomic E-state index is 0.0114. The first kappa shape index (κ1) is 19.5. The molecule has 1 aliphatic rings. The molecule has 0 radical (unpaired) electrons. The van der Waals surface area contributed by atoms with Crippen LogP contribution in [0.15, 0.2) is 36.4 Å². The van der Waals surface area contributed by atoms with Crippen molar-refractivity contribution >= 4 is 40.7 Å². The SMILES string of the molecule is COc1ccc(NC(=O)C2CCCN2C(=O)c2cc(F)c(Cl)cc2Cl)cc1. The van der Waals surface area contributed by atoms with E-state index in [2.05, 4.69) is 5.32 Å². The van der Waals surface area contributed by atoms with Crippen molar-refractivity contribution in [1.82, 2.24) is 4.90 Å². The molecule has 8 heteroatoms. The molecule has 0 spiro atoms. The summed E-state index contributed by atoms with van der Waals surface area (Å²) < 4.78 is 18.8. The predicted octanol–water partition coefficient (Wildman–Crippen LogP) is 4.38. The molecule has 2 aromatic carbocycles. The van der Waals surface area contributed by atoms with E-state index in [-0.39, 0.29) is 21.5 Å². The fourth-order valence-corrected chi connectivity index (χ4v) is 3.49. The molecule has 1 unspecified atom stereocenters. The van der Waals surface area contributed by atoms with Gasteiger partial charge in [0.25, 0.3) is 5.91 Å². The van der Waals surface area contributed by atoms with Crippen molar-refractivity contribution in [3.63, 3.8) is 0 Å². The number of carbonyl (C=O) groups excluding carboxylic acids is 2. The van der Waals surface area contributed by atoms with Crippen molar-refractivity contribution in [2.75, 3.05) is 19.0 Å². The van der Waals surface area contributed by atoms with Crippen LogP contribution >= 0.6 is 23.2 Å². The fraction of sp³-hybridized carbons (Fsp3) is 0.263. The molecule has 5 nitrogen and oxygen atoms in total. The van der Waals surface area contributed by atoms with Crippen LogP contribution in [0.5, 0.6) is 5.75 Å². The number of hydrogen-bond acceptors (Lipinski definition) is 3. The first-order valence-corrected chi connectivity index (χ1v) is 9.06. The summed E-state index contributed by atoms with van der Waals surface area (Å²) in [5.41, 5.74) is 0.582. The Kier molecular flexibility index (Phi) is 5.87. The Balaban J connectivity index is 1.77. The number of ether oxygens (including phenoxy) is 1. The number of methoxy groups -OCH3 is 1. The second-order valence-corrected chi connectivity index (χ2v) is 6.93. The predicted molar refractivity (Wildman–Crippen MR) is 102 cm³/mol. The molecule has 1 N–H and O–H groups in total. The molecule has 3 rings (SSSR count). The Morgan fingerprint density at radius 3 is 2.56 bits per heavy atom. The van der Waals surface area contributed by atoms with Crippen LogP contribution in [0.4, 0.5) is 10.1 Å². The van der Waals surface area contributed by atoms with Crippen molar-refractivity contribution < 1.29 is 18.7 Å². The van der Waals surface area contributed by atoms with Crippen LogP contribution in [0.3, 0.4) is 0 Å². The van der Waals surface area contributed by atoms with E-state index >= 15 is 0 Å². The standard InChI is InChI=1S/C19H17Cl2FN2O3/c1-27-12-6-4-11(5-7-12)23-18(25)17-3-2-8-24(17)19(26)13-9-16(22)15(21)10-14(13)20/h4-7,9-10,17H,2-3,8H2,1H3,(H,23,25). The van der Waals surface area contributed by atoms with E-state index in [0.717, 1.165) is 6.07 Å². The summed E-state index contributed by atoms with van der Waals surface area (Å²) in [4.78, 5) is 26.9. The number of rotatable bonds is 4. The van der Waals surface area contributed by atoms with Gasteiger partial charge >= 0.3 is 0 Å². The zero-order valence-corrected chi connectivity index (χ0v) is 16.0. The quantitative estimate of drug-likeness (QED) is 0.760. The Morgan fingerprint density at radius 2 is 1.89 bits per heavy atom. The van der Waals surface area contributed by atoms with Gasteiger partial charge in [0.05, 0.1) is 22.7 Å². The van der Waals surface area contributed by atoms with Gasteiger partial charge in [-0.25, -0.2) is 4.39 Å². The highest BCUT2D eigenvalue weighted by molar-refractivity contribution is 6.36. The first-order chi connectivity index (χ1) is 12.9. The zero-order valence-electron chi connectivity index (χ0n) is 14.5. The Hall–Kier alpha value is -2.31. The number of nitrogens with one attached hydrogen (secondary N) is 1. The van der Waals surface area contributed by atoms with Gasteiger partial charge in [0.15, 0.2) is 0 Å². The average Bonchev–Trinajstić information content (AvgIpc) is 3.14. The molecule has 1 fully saturated rings. The van der Waals surface area contributed by atoms with Crippen molar-refractivity contribution in [1.29, 1.82) is 0 Å². The first-order valence-electron chi connectivity index (χ1n) is 8.31. The summed E-state index contributed by atoms with van der Waals surface area (Å²) in [5, 5.41) is 2.68. The van der Waals surface area contributed by atoms with E-state index in [0.29, 0.717) is 30.8 Å². The summed E-state index contributed by atoms with van der Waals surface area (Å²) in [6.45, 7) is 0.389. The number of nitrogens with zero attached hydrogens (tertiary/aromatic N) is 1. The molecule has 2 aromatic rings. The normalized spacial score (nSPS) is 16.3. The van der Waals surface area contributed by atoms with E-state index in [4.69, 9.17) is 27.9 Å². The monoisotopic (exact) mass is 410 g/mol. The van der Waals surface area contributed by atoms with Crippen LogP contribution in [0, 0.1) is 5.82 Å². The number of halogens is 3. The third kappa shape index (κ3) is 4.17. The summed E-state index contributed by atoms with van der Waals surface area (Å²) in [7, 11) is 1.56. The topological polar surface area (TPSA) is 58.6 Å². The molecule has 0 saturated carbocycles. The van der Waals surface area contributed by atoms with Gasteiger partial charge in [0, 0.05) is 12.2 Å². The maximum atomic E-state index is 13.8. The second kappa shape index (κ2) is 8.15. The van der Waals surface area contributed by atoms with Gasteiger partial charge in [0.2, 0.25) is 5.91 Å². The lowest BCUT2D eigenvalue weighted by atomic mass is 10.1. The number of likely N-dealkylation sites (tertiary alicyclic amines) is 1. The highest BCUT2D eigenvalue weighted by Gasteiger charge is 2.35. The minimum atomic E-state index is -0.733. The molecule has 2 amide bonds. The Morgan fingerprint density at radius 1 is 1.19 bits per heavy atom. The van der Waals surface area contributed by atoms with Crippen LogP contribution in [0.25, 0.3) is 0 Å². The van der Waals surface area contributed by atoms with Crippen LogP contribution in [0.1, 0.15) is 23.2 Å². The van der Waals surface area contributed by atoms with E-state index < -0.39 is 17.8 Å².